The summed E-state index contributed by atoms with van der Waals surface area (Å²) < 4.78 is 0.361. The zero-order valence-corrected chi connectivity index (χ0v) is 10.7. The third kappa shape index (κ3) is 14.6. The van der Waals surface area contributed by atoms with E-state index in [1.54, 1.807) is 20.0 Å². The molecule has 0 nitrogen and oxygen atoms in total. The molecule has 2 rings (SSSR count). The Labute approximate surface area is 107 Å². The molecule has 0 spiro atoms. The van der Waals surface area contributed by atoms with Crippen molar-refractivity contribution in [2.45, 2.75) is 12.8 Å². The van der Waals surface area contributed by atoms with Crippen LogP contribution in [0.1, 0.15) is 12.8 Å². The Bertz CT molecular complexity index is 216. The van der Waals surface area contributed by atoms with Crippen molar-refractivity contribution in [3.05, 3.63) is 48.6 Å². The summed E-state index contributed by atoms with van der Waals surface area (Å²) >= 11 is 11.5. The number of allylic oxidation sites excluding steroid dienone is 8. The second-order valence-electron chi connectivity index (χ2n) is 2.27. The molecule has 2 aliphatic carbocycles. The summed E-state index contributed by atoms with van der Waals surface area (Å²) in [5.74, 6) is 0. The minimum absolute atomic E-state index is 0.361. The maximum absolute atomic E-state index is 4.96. The van der Waals surface area contributed by atoms with Crippen molar-refractivity contribution in [1.82, 2.24) is 0 Å². The third-order valence-corrected chi connectivity index (χ3v) is 1.17. The van der Waals surface area contributed by atoms with Crippen LogP contribution >= 0.6 is 23.2 Å². The molecule has 0 amide bonds. The summed E-state index contributed by atoms with van der Waals surface area (Å²) in [5, 5.41) is 0. The van der Waals surface area contributed by atoms with E-state index < -0.39 is 0 Å². The van der Waals surface area contributed by atoms with Gasteiger partial charge in [-0.1, -0.05) is 0 Å². The first-order chi connectivity index (χ1) is 6.73. The molecular formula is C11H10Cl2Ti. The van der Waals surface area contributed by atoms with Gasteiger partial charge in [0, 0.05) is 0 Å². The van der Waals surface area contributed by atoms with Gasteiger partial charge in [-0.15, -0.1) is 12.8 Å². The van der Waals surface area contributed by atoms with E-state index in [2.05, 4.69) is 24.3 Å². The zero-order valence-electron chi connectivity index (χ0n) is 7.63. The summed E-state index contributed by atoms with van der Waals surface area (Å²) in [6.07, 6.45) is 20.0. The molecule has 0 fully saturated rings. The third-order valence-electron chi connectivity index (χ3n) is 1.17. The molecule has 3 heteroatoms. The van der Waals surface area contributed by atoms with Crippen LogP contribution in [0.25, 0.3) is 0 Å². The molecule has 0 N–H and O–H groups in total. The number of halogens is 2. The predicted octanol–water partition coefficient (Wildman–Crippen LogP) is 3.71. The molecule has 0 heterocycles. The van der Waals surface area contributed by atoms with E-state index in [0.717, 1.165) is 12.8 Å². The first-order valence-corrected chi connectivity index (χ1v) is 5.60. The van der Waals surface area contributed by atoms with Crippen molar-refractivity contribution in [3.63, 3.8) is 0 Å². The van der Waals surface area contributed by atoms with Crippen LogP contribution in [-0.2, 0) is 20.0 Å². The first-order valence-electron chi connectivity index (χ1n) is 4.06. The molecule has 0 unspecified atom stereocenters. The molecular weight excluding hydrogens is 251 g/mol. The first kappa shape index (κ1) is 14.1. The van der Waals surface area contributed by atoms with Gasteiger partial charge in [0.15, 0.2) is 0 Å². The van der Waals surface area contributed by atoms with Crippen LogP contribution in [-0.4, -0.2) is 2.73 Å². The van der Waals surface area contributed by atoms with E-state index >= 15 is 0 Å². The molecule has 0 radical (unpaired) electrons. The Morgan fingerprint density at radius 1 is 1.00 bits per heavy atom. The van der Waals surface area contributed by atoms with Crippen molar-refractivity contribution in [3.8, 4) is 0 Å². The monoisotopic (exact) mass is 260 g/mol. The molecule has 0 saturated carbocycles. The van der Waals surface area contributed by atoms with E-state index in [1.807, 2.05) is 24.3 Å². The molecule has 2 aliphatic rings. The maximum Gasteiger partial charge on any atom is -0.109 e. The second-order valence-corrected chi connectivity index (χ2v) is 4.99. The van der Waals surface area contributed by atoms with Gasteiger partial charge in [0.2, 0.25) is 0 Å². The van der Waals surface area contributed by atoms with Gasteiger partial charge < -0.3 is 0 Å². The van der Waals surface area contributed by atoms with Gasteiger partial charge in [0.25, 0.3) is 0 Å². The van der Waals surface area contributed by atoms with Crippen LogP contribution < -0.4 is 0 Å². The topological polar surface area (TPSA) is 0 Å². The smallest absolute Gasteiger partial charge is 0.109 e. The van der Waals surface area contributed by atoms with Crippen LogP contribution in [0, 0.1) is 12.2 Å². The van der Waals surface area contributed by atoms with Crippen molar-refractivity contribution in [2.24, 2.45) is 0 Å². The molecule has 0 atom stereocenters. The van der Waals surface area contributed by atoms with Crippen molar-refractivity contribution in [1.29, 1.82) is 0 Å². The summed E-state index contributed by atoms with van der Waals surface area (Å²) in [6, 6.07) is 0. The molecule has 14 heavy (non-hydrogen) atoms. The second kappa shape index (κ2) is 11.2. The number of hydrogen-bond donors (Lipinski definition) is 0. The molecule has 0 aromatic carbocycles. The summed E-state index contributed by atoms with van der Waals surface area (Å²) in [4.78, 5) is 0. The summed E-state index contributed by atoms with van der Waals surface area (Å²) in [7, 11) is 0. The van der Waals surface area contributed by atoms with Crippen molar-refractivity contribution < 1.29 is 20.0 Å². The van der Waals surface area contributed by atoms with Gasteiger partial charge >= 0.3 is 45.9 Å². The number of rotatable bonds is 0. The van der Waals surface area contributed by atoms with Gasteiger partial charge in [0.05, 0.1) is 0 Å². The van der Waals surface area contributed by atoms with Crippen molar-refractivity contribution in [2.75, 3.05) is 0 Å². The average molecular weight is 261 g/mol. The molecule has 0 aliphatic heterocycles. The Hall–Kier alpha value is 0.124. The fourth-order valence-electron chi connectivity index (χ4n) is 0.680. The van der Waals surface area contributed by atoms with Gasteiger partial charge in [-0.3, -0.25) is 12.2 Å². The molecule has 72 valence electrons. The zero-order chi connectivity index (χ0) is 10.6. The van der Waals surface area contributed by atoms with Crippen LogP contribution in [0.3, 0.4) is 0 Å². The Morgan fingerprint density at radius 2 is 1.36 bits per heavy atom. The van der Waals surface area contributed by atoms with Gasteiger partial charge in [-0.25, -0.2) is 24.3 Å². The maximum atomic E-state index is 4.96. The minimum atomic E-state index is 0.361. The van der Waals surface area contributed by atoms with Gasteiger partial charge in [0.1, 0.15) is 0 Å². The minimum Gasteiger partial charge on any atom is -0.273 e. The largest absolute Gasteiger partial charge is 0.273 e. The molecule has 0 bridgehead atoms. The normalized spacial score (nSPS) is 14.6. The van der Waals surface area contributed by atoms with E-state index in [-0.39, 0.29) is 0 Å². The quantitative estimate of drug-likeness (QED) is 0.460. The van der Waals surface area contributed by atoms with E-state index in [1.165, 1.54) is 0 Å². The van der Waals surface area contributed by atoms with Gasteiger partial charge in [-0.05, 0) is 0 Å². The molecule has 0 aromatic rings. The van der Waals surface area contributed by atoms with E-state index in [4.69, 9.17) is 23.2 Å². The fourth-order valence-corrected chi connectivity index (χ4v) is 0.680. The SMILES string of the molecule is Cl[C](Cl)=[Ti+2].[C-]1=CC=CC1.[C-]1=CC=CC1. The van der Waals surface area contributed by atoms with Crippen LogP contribution in [0.4, 0.5) is 0 Å². The standard InChI is InChI=1S/2C5H5.CCl2.Ti/c2*1-2-4-5-3-1;2-1-3;/h2*1-3H,4H2;;/q2*-1;;+2. The van der Waals surface area contributed by atoms with Crippen LogP contribution in [0.2, 0.25) is 0 Å². The van der Waals surface area contributed by atoms with Crippen molar-refractivity contribution >= 4 is 25.9 Å². The van der Waals surface area contributed by atoms with Gasteiger partial charge in [-0.2, -0.15) is 12.2 Å². The Balaban J connectivity index is 0.000000183. The van der Waals surface area contributed by atoms with Crippen LogP contribution in [0.15, 0.2) is 36.5 Å². The molecule has 0 aromatic heterocycles. The predicted molar refractivity (Wildman–Crippen MR) is 59.9 cm³/mol. The average Bonchev–Trinajstić information content (AvgIpc) is 2.83. The van der Waals surface area contributed by atoms with E-state index in [9.17, 15) is 0 Å². The fraction of sp³-hybridized carbons (Fsp3) is 0.182. The van der Waals surface area contributed by atoms with Crippen LogP contribution in [0.5, 0.6) is 0 Å². The summed E-state index contributed by atoms with van der Waals surface area (Å²) in [6.45, 7) is 0. The Kier molecular flexibility index (Phi) is 11.3. The summed E-state index contributed by atoms with van der Waals surface area (Å²) in [5.41, 5.74) is 0. The Morgan fingerprint density at radius 3 is 1.43 bits per heavy atom. The molecule has 0 saturated heterocycles. The van der Waals surface area contributed by atoms with E-state index in [0.29, 0.717) is 2.73 Å². The number of hydrogen-bond acceptors (Lipinski definition) is 0.